The van der Waals surface area contributed by atoms with Crippen molar-refractivity contribution in [3.63, 3.8) is 0 Å². The van der Waals surface area contributed by atoms with Crippen LogP contribution in [-0.2, 0) is 16.1 Å². The predicted octanol–water partition coefficient (Wildman–Crippen LogP) is 3.16. The molecule has 0 spiro atoms. The topological polar surface area (TPSA) is 76.0 Å². The van der Waals surface area contributed by atoms with E-state index < -0.39 is 0 Å². The van der Waals surface area contributed by atoms with Crippen LogP contribution in [0.25, 0.3) is 11.8 Å². The van der Waals surface area contributed by atoms with Gasteiger partial charge < -0.3 is 10.6 Å². The number of nitrogens with one attached hydrogen (secondary N) is 2. The molecule has 2 amide bonds. The molecule has 2 aromatic carbocycles. The van der Waals surface area contributed by atoms with Crippen LogP contribution in [-0.4, -0.2) is 21.6 Å². The van der Waals surface area contributed by atoms with Gasteiger partial charge in [-0.2, -0.15) is 5.10 Å². The monoisotopic (exact) mass is 360 g/mol. The Hall–Kier alpha value is -3.67. The fraction of sp³-hybridized carbons (Fsp3) is 0.0952. The Morgan fingerprint density at radius 1 is 1.07 bits per heavy atom. The van der Waals surface area contributed by atoms with Crippen molar-refractivity contribution in [2.24, 2.45) is 0 Å². The molecule has 0 atom stereocenters. The summed E-state index contributed by atoms with van der Waals surface area (Å²) in [6, 6.07) is 17.0. The van der Waals surface area contributed by atoms with Crippen molar-refractivity contribution in [3.05, 3.63) is 84.2 Å². The smallest absolute Gasteiger partial charge is 0.244 e. The maximum absolute atomic E-state index is 12.0. The number of benzene rings is 2. The average molecular weight is 360 g/mol. The summed E-state index contributed by atoms with van der Waals surface area (Å²) in [5.41, 5.74) is 3.48. The van der Waals surface area contributed by atoms with Crippen LogP contribution in [0, 0.1) is 0 Å². The Morgan fingerprint density at radius 2 is 1.81 bits per heavy atom. The molecule has 0 saturated carbocycles. The van der Waals surface area contributed by atoms with Gasteiger partial charge in [0.2, 0.25) is 11.8 Å². The minimum Gasteiger partial charge on any atom is -0.348 e. The molecular weight excluding hydrogens is 340 g/mol. The average Bonchev–Trinajstić information content (AvgIpc) is 3.15. The first-order chi connectivity index (χ1) is 13.1. The van der Waals surface area contributed by atoms with Crippen molar-refractivity contribution in [3.8, 4) is 5.69 Å². The molecule has 0 saturated heterocycles. The summed E-state index contributed by atoms with van der Waals surface area (Å²) in [5.74, 6) is -0.304. The number of anilines is 1. The molecule has 3 aromatic rings. The van der Waals surface area contributed by atoms with Gasteiger partial charge in [0, 0.05) is 37.0 Å². The second-order valence-electron chi connectivity index (χ2n) is 5.98. The van der Waals surface area contributed by atoms with E-state index in [1.165, 1.54) is 13.0 Å². The zero-order valence-corrected chi connectivity index (χ0v) is 14.9. The first kappa shape index (κ1) is 18.1. The highest BCUT2D eigenvalue weighted by molar-refractivity contribution is 5.92. The van der Waals surface area contributed by atoms with Gasteiger partial charge in [0.05, 0.1) is 11.9 Å². The molecule has 0 aliphatic carbocycles. The molecule has 3 rings (SSSR count). The Bertz CT molecular complexity index is 944. The van der Waals surface area contributed by atoms with E-state index in [0.717, 1.165) is 22.5 Å². The number of para-hydroxylation sites is 1. The van der Waals surface area contributed by atoms with Gasteiger partial charge in [0.25, 0.3) is 0 Å². The van der Waals surface area contributed by atoms with E-state index >= 15 is 0 Å². The molecule has 27 heavy (non-hydrogen) atoms. The summed E-state index contributed by atoms with van der Waals surface area (Å²) in [6.45, 7) is 1.86. The Kier molecular flexibility index (Phi) is 5.79. The molecule has 0 aliphatic heterocycles. The summed E-state index contributed by atoms with van der Waals surface area (Å²) >= 11 is 0. The highest BCUT2D eigenvalue weighted by Gasteiger charge is 2.02. The third-order valence-corrected chi connectivity index (χ3v) is 3.78. The fourth-order valence-corrected chi connectivity index (χ4v) is 2.47. The molecule has 136 valence electrons. The van der Waals surface area contributed by atoms with E-state index in [0.29, 0.717) is 6.54 Å². The maximum Gasteiger partial charge on any atom is 0.244 e. The van der Waals surface area contributed by atoms with Gasteiger partial charge in [-0.3, -0.25) is 9.59 Å². The second kappa shape index (κ2) is 8.62. The Labute approximate surface area is 157 Å². The molecule has 1 aromatic heterocycles. The van der Waals surface area contributed by atoms with E-state index in [1.807, 2.05) is 48.7 Å². The van der Waals surface area contributed by atoms with E-state index in [9.17, 15) is 9.59 Å². The lowest BCUT2D eigenvalue weighted by molar-refractivity contribution is -0.116. The largest absolute Gasteiger partial charge is 0.348 e. The number of nitrogens with zero attached hydrogens (tertiary/aromatic N) is 2. The van der Waals surface area contributed by atoms with E-state index in [2.05, 4.69) is 15.7 Å². The van der Waals surface area contributed by atoms with Crippen LogP contribution < -0.4 is 10.6 Å². The Morgan fingerprint density at radius 3 is 2.52 bits per heavy atom. The van der Waals surface area contributed by atoms with Gasteiger partial charge >= 0.3 is 0 Å². The molecule has 2 N–H and O–H groups in total. The van der Waals surface area contributed by atoms with Crippen LogP contribution in [0.2, 0.25) is 0 Å². The molecule has 6 nitrogen and oxygen atoms in total. The van der Waals surface area contributed by atoms with Gasteiger partial charge in [-0.05, 0) is 35.9 Å². The number of aromatic nitrogens is 2. The third-order valence-electron chi connectivity index (χ3n) is 3.78. The van der Waals surface area contributed by atoms with Crippen molar-refractivity contribution in [1.29, 1.82) is 0 Å². The first-order valence-electron chi connectivity index (χ1n) is 8.53. The zero-order valence-electron chi connectivity index (χ0n) is 14.9. The van der Waals surface area contributed by atoms with Crippen LogP contribution in [0.3, 0.4) is 0 Å². The summed E-state index contributed by atoms with van der Waals surface area (Å²) in [5, 5.41) is 9.84. The minimum absolute atomic E-state index is 0.117. The lowest BCUT2D eigenvalue weighted by atomic mass is 10.2. The normalized spacial score (nSPS) is 10.7. The number of hydrogen-bond acceptors (Lipinski definition) is 3. The molecule has 0 fully saturated rings. The molecule has 0 radical (unpaired) electrons. The number of hydrogen-bond donors (Lipinski definition) is 2. The van der Waals surface area contributed by atoms with Crippen LogP contribution in [0.4, 0.5) is 5.69 Å². The van der Waals surface area contributed by atoms with Gasteiger partial charge in [0.15, 0.2) is 0 Å². The standard InChI is InChI=1S/C21H20N4O2/c1-16(26)24-19-10-7-17(8-11-19)9-12-21(27)22-13-18-14-23-25(15-18)20-5-3-2-4-6-20/h2-12,14-15H,13H2,1H3,(H,22,27)(H,24,26)/b12-9+. The summed E-state index contributed by atoms with van der Waals surface area (Å²) in [4.78, 5) is 23.0. The molecule has 0 bridgehead atoms. The number of carbonyl (C=O) groups is 2. The number of carbonyl (C=O) groups excluding carboxylic acids is 2. The van der Waals surface area contributed by atoms with Gasteiger partial charge in [0.1, 0.15) is 0 Å². The van der Waals surface area contributed by atoms with Crippen molar-refractivity contribution >= 4 is 23.6 Å². The molecule has 0 unspecified atom stereocenters. The molecule has 1 heterocycles. The lowest BCUT2D eigenvalue weighted by Gasteiger charge is -2.02. The van der Waals surface area contributed by atoms with Gasteiger partial charge in [-0.25, -0.2) is 4.68 Å². The summed E-state index contributed by atoms with van der Waals surface area (Å²) < 4.78 is 1.77. The van der Waals surface area contributed by atoms with Crippen molar-refractivity contribution < 1.29 is 9.59 Å². The van der Waals surface area contributed by atoms with E-state index in [4.69, 9.17) is 0 Å². The molecule has 6 heteroatoms. The fourth-order valence-electron chi connectivity index (χ4n) is 2.47. The zero-order chi connectivity index (χ0) is 19.1. The maximum atomic E-state index is 12.0. The molecule has 0 aliphatic rings. The quantitative estimate of drug-likeness (QED) is 0.663. The first-order valence-corrected chi connectivity index (χ1v) is 8.53. The third kappa shape index (κ3) is 5.40. The van der Waals surface area contributed by atoms with Crippen molar-refractivity contribution in [1.82, 2.24) is 15.1 Å². The number of rotatable bonds is 6. The minimum atomic E-state index is -0.187. The van der Waals surface area contributed by atoms with Crippen LogP contribution in [0.1, 0.15) is 18.1 Å². The van der Waals surface area contributed by atoms with Gasteiger partial charge in [-0.1, -0.05) is 30.3 Å². The second-order valence-corrected chi connectivity index (χ2v) is 5.98. The van der Waals surface area contributed by atoms with Crippen molar-refractivity contribution in [2.75, 3.05) is 5.32 Å². The molecular formula is C21H20N4O2. The van der Waals surface area contributed by atoms with Gasteiger partial charge in [-0.15, -0.1) is 0 Å². The Balaban J connectivity index is 1.51. The van der Waals surface area contributed by atoms with Crippen LogP contribution in [0.15, 0.2) is 73.1 Å². The van der Waals surface area contributed by atoms with E-state index in [1.54, 1.807) is 29.1 Å². The van der Waals surface area contributed by atoms with E-state index in [-0.39, 0.29) is 11.8 Å². The highest BCUT2D eigenvalue weighted by Crippen LogP contribution is 2.11. The summed E-state index contributed by atoms with van der Waals surface area (Å²) in [7, 11) is 0. The predicted molar refractivity (Wildman–Crippen MR) is 105 cm³/mol. The van der Waals surface area contributed by atoms with Crippen LogP contribution >= 0.6 is 0 Å². The van der Waals surface area contributed by atoms with Crippen LogP contribution in [0.5, 0.6) is 0 Å². The highest BCUT2D eigenvalue weighted by atomic mass is 16.2. The van der Waals surface area contributed by atoms with Crippen molar-refractivity contribution in [2.45, 2.75) is 13.5 Å². The summed E-state index contributed by atoms with van der Waals surface area (Å²) in [6.07, 6.45) is 6.83. The number of amides is 2. The SMILES string of the molecule is CC(=O)Nc1ccc(/C=C/C(=O)NCc2cnn(-c3ccccc3)c2)cc1. The lowest BCUT2D eigenvalue weighted by Crippen LogP contribution is -2.19.